The summed E-state index contributed by atoms with van der Waals surface area (Å²) >= 11 is 0. The van der Waals surface area contributed by atoms with Crippen LogP contribution in [0.25, 0.3) is 0 Å². The van der Waals surface area contributed by atoms with Crippen molar-refractivity contribution >= 4 is 5.69 Å². The number of likely N-dealkylation sites (N-methyl/N-ethyl adjacent to an activating group) is 1. The van der Waals surface area contributed by atoms with Gasteiger partial charge in [0, 0.05) is 12.6 Å². The molecule has 0 saturated carbocycles. The second kappa shape index (κ2) is 6.91. The van der Waals surface area contributed by atoms with Gasteiger partial charge in [-0.2, -0.15) is 5.10 Å². The van der Waals surface area contributed by atoms with Crippen molar-refractivity contribution in [2.45, 2.75) is 59.2 Å². The van der Waals surface area contributed by atoms with Crippen molar-refractivity contribution in [3.05, 3.63) is 11.4 Å². The molecule has 1 heterocycles. The number of hydrogen-bond acceptors (Lipinski definition) is 4. The number of aliphatic hydroxyl groups is 1. The molecule has 19 heavy (non-hydrogen) atoms. The minimum Gasteiger partial charge on any atom is -0.396 e. The SMILES string of the molecule is CCC(CC)N(C)CC(O)Cn1nc(C)c(N)c1C. The summed E-state index contributed by atoms with van der Waals surface area (Å²) in [5, 5.41) is 14.5. The minimum absolute atomic E-state index is 0.428. The lowest BCUT2D eigenvalue weighted by Gasteiger charge is -2.28. The first kappa shape index (κ1) is 16.0. The Hall–Kier alpha value is -1.07. The van der Waals surface area contributed by atoms with Crippen LogP contribution in [0.2, 0.25) is 0 Å². The third-order valence-electron chi connectivity index (χ3n) is 3.89. The number of aryl methyl sites for hydroxylation is 1. The zero-order valence-electron chi connectivity index (χ0n) is 12.8. The fourth-order valence-corrected chi connectivity index (χ4v) is 2.54. The van der Waals surface area contributed by atoms with E-state index in [1.807, 2.05) is 13.8 Å². The van der Waals surface area contributed by atoms with Gasteiger partial charge in [-0.1, -0.05) is 13.8 Å². The maximum absolute atomic E-state index is 10.2. The topological polar surface area (TPSA) is 67.3 Å². The standard InChI is InChI=1S/C14H28N4O/c1-6-12(7-2)17(5)8-13(19)9-18-11(4)14(15)10(3)16-18/h12-13,19H,6-9,15H2,1-5H3. The van der Waals surface area contributed by atoms with Crippen LogP contribution in [0.4, 0.5) is 5.69 Å². The van der Waals surface area contributed by atoms with Crippen LogP contribution in [0.1, 0.15) is 38.1 Å². The predicted octanol–water partition coefficient (Wildman–Crippen LogP) is 1.56. The molecule has 3 N–H and O–H groups in total. The lowest BCUT2D eigenvalue weighted by Crippen LogP contribution is -2.38. The average Bonchev–Trinajstić information content (AvgIpc) is 2.58. The van der Waals surface area contributed by atoms with Crippen LogP contribution in [0.15, 0.2) is 0 Å². The van der Waals surface area contributed by atoms with E-state index >= 15 is 0 Å². The van der Waals surface area contributed by atoms with E-state index in [0.29, 0.717) is 19.1 Å². The zero-order valence-corrected chi connectivity index (χ0v) is 12.8. The van der Waals surface area contributed by atoms with Crippen molar-refractivity contribution in [1.29, 1.82) is 0 Å². The molecule has 0 amide bonds. The van der Waals surface area contributed by atoms with E-state index in [1.165, 1.54) is 0 Å². The lowest BCUT2D eigenvalue weighted by atomic mass is 10.1. The van der Waals surface area contributed by atoms with Crippen LogP contribution in [0.3, 0.4) is 0 Å². The molecule has 0 aromatic carbocycles. The van der Waals surface area contributed by atoms with Crippen LogP contribution in [0, 0.1) is 13.8 Å². The van der Waals surface area contributed by atoms with Gasteiger partial charge >= 0.3 is 0 Å². The number of anilines is 1. The first-order chi connectivity index (χ1) is 8.90. The number of aromatic nitrogens is 2. The van der Waals surface area contributed by atoms with Crippen molar-refractivity contribution in [1.82, 2.24) is 14.7 Å². The third-order valence-corrected chi connectivity index (χ3v) is 3.89. The Bertz CT molecular complexity index is 398. The molecule has 0 bridgehead atoms. The molecular weight excluding hydrogens is 240 g/mol. The van der Waals surface area contributed by atoms with Gasteiger partial charge in [0.2, 0.25) is 0 Å². The molecule has 5 heteroatoms. The maximum atomic E-state index is 10.2. The Morgan fingerprint density at radius 1 is 1.32 bits per heavy atom. The largest absolute Gasteiger partial charge is 0.396 e. The Morgan fingerprint density at radius 2 is 1.89 bits per heavy atom. The van der Waals surface area contributed by atoms with E-state index in [0.717, 1.165) is 29.9 Å². The summed E-state index contributed by atoms with van der Waals surface area (Å²) in [5.74, 6) is 0. The summed E-state index contributed by atoms with van der Waals surface area (Å²) in [7, 11) is 2.07. The number of nitrogens with zero attached hydrogens (tertiary/aromatic N) is 3. The molecule has 0 aliphatic rings. The van der Waals surface area contributed by atoms with Crippen LogP contribution in [-0.4, -0.2) is 45.5 Å². The highest BCUT2D eigenvalue weighted by atomic mass is 16.3. The highest BCUT2D eigenvalue weighted by molar-refractivity contribution is 5.46. The van der Waals surface area contributed by atoms with Crippen molar-refractivity contribution < 1.29 is 5.11 Å². The summed E-state index contributed by atoms with van der Waals surface area (Å²) in [5.41, 5.74) is 8.38. The van der Waals surface area contributed by atoms with Crippen molar-refractivity contribution in [3.8, 4) is 0 Å². The molecule has 1 atom stereocenters. The lowest BCUT2D eigenvalue weighted by molar-refractivity contribution is 0.0849. The Balaban J connectivity index is 2.60. The molecule has 110 valence electrons. The molecule has 0 radical (unpaired) electrons. The Kier molecular flexibility index (Phi) is 5.82. The molecule has 1 aromatic rings. The number of nitrogens with two attached hydrogens (primary N) is 1. The Labute approximate surface area is 116 Å². The number of aliphatic hydroxyl groups excluding tert-OH is 1. The molecule has 0 aliphatic heterocycles. The van der Waals surface area contributed by atoms with Gasteiger partial charge in [0.05, 0.1) is 29.7 Å². The second-order valence-corrected chi connectivity index (χ2v) is 5.33. The van der Waals surface area contributed by atoms with Gasteiger partial charge in [0.15, 0.2) is 0 Å². The molecule has 1 unspecified atom stereocenters. The van der Waals surface area contributed by atoms with E-state index in [1.54, 1.807) is 4.68 Å². The first-order valence-corrected chi connectivity index (χ1v) is 7.08. The molecule has 0 spiro atoms. The van der Waals surface area contributed by atoms with Crippen molar-refractivity contribution in [2.24, 2.45) is 0 Å². The van der Waals surface area contributed by atoms with E-state index in [9.17, 15) is 5.11 Å². The van der Waals surface area contributed by atoms with Gasteiger partial charge in [-0.25, -0.2) is 0 Å². The molecular formula is C14H28N4O. The van der Waals surface area contributed by atoms with Gasteiger partial charge in [0.25, 0.3) is 0 Å². The van der Waals surface area contributed by atoms with Gasteiger partial charge in [-0.3, -0.25) is 4.68 Å². The van der Waals surface area contributed by atoms with Crippen LogP contribution in [-0.2, 0) is 6.54 Å². The molecule has 0 saturated heterocycles. The van der Waals surface area contributed by atoms with Gasteiger partial charge in [0.1, 0.15) is 0 Å². The van der Waals surface area contributed by atoms with Gasteiger partial charge in [-0.15, -0.1) is 0 Å². The molecule has 0 aliphatic carbocycles. The average molecular weight is 268 g/mol. The molecule has 1 rings (SSSR count). The summed E-state index contributed by atoms with van der Waals surface area (Å²) in [6.07, 6.45) is 1.78. The van der Waals surface area contributed by atoms with Gasteiger partial charge in [-0.05, 0) is 33.7 Å². The quantitative estimate of drug-likeness (QED) is 0.787. The van der Waals surface area contributed by atoms with Crippen LogP contribution >= 0.6 is 0 Å². The number of nitrogen functional groups attached to an aromatic ring is 1. The molecule has 5 nitrogen and oxygen atoms in total. The van der Waals surface area contributed by atoms with E-state index in [2.05, 4.69) is 30.9 Å². The normalized spacial score (nSPS) is 13.5. The third kappa shape index (κ3) is 3.94. The summed E-state index contributed by atoms with van der Waals surface area (Å²) < 4.78 is 1.80. The highest BCUT2D eigenvalue weighted by Gasteiger charge is 2.17. The van der Waals surface area contributed by atoms with Crippen LogP contribution in [0.5, 0.6) is 0 Å². The van der Waals surface area contributed by atoms with Crippen molar-refractivity contribution in [2.75, 3.05) is 19.3 Å². The fraction of sp³-hybridized carbons (Fsp3) is 0.786. The second-order valence-electron chi connectivity index (χ2n) is 5.33. The maximum Gasteiger partial charge on any atom is 0.0862 e. The minimum atomic E-state index is -0.428. The van der Waals surface area contributed by atoms with E-state index in [4.69, 9.17) is 5.73 Å². The number of hydrogen-bond donors (Lipinski definition) is 2. The van der Waals surface area contributed by atoms with Crippen molar-refractivity contribution in [3.63, 3.8) is 0 Å². The predicted molar refractivity (Wildman–Crippen MR) is 79.1 cm³/mol. The summed E-state index contributed by atoms with van der Waals surface area (Å²) in [6, 6.07) is 0.528. The Morgan fingerprint density at radius 3 is 2.32 bits per heavy atom. The highest BCUT2D eigenvalue weighted by Crippen LogP contribution is 2.15. The van der Waals surface area contributed by atoms with E-state index in [-0.39, 0.29) is 0 Å². The summed E-state index contributed by atoms with van der Waals surface area (Å²) in [6.45, 7) is 9.34. The fourth-order valence-electron chi connectivity index (χ4n) is 2.54. The molecule has 1 aromatic heterocycles. The first-order valence-electron chi connectivity index (χ1n) is 7.08. The van der Waals surface area contributed by atoms with Gasteiger partial charge < -0.3 is 15.7 Å². The number of rotatable bonds is 7. The molecule has 0 fully saturated rings. The van der Waals surface area contributed by atoms with Crippen LogP contribution < -0.4 is 5.73 Å². The monoisotopic (exact) mass is 268 g/mol. The summed E-state index contributed by atoms with van der Waals surface area (Å²) in [4.78, 5) is 2.22. The zero-order chi connectivity index (χ0) is 14.6. The van der Waals surface area contributed by atoms with E-state index < -0.39 is 6.10 Å². The smallest absolute Gasteiger partial charge is 0.0862 e.